The van der Waals surface area contributed by atoms with E-state index >= 15 is 0 Å². The van der Waals surface area contributed by atoms with Crippen molar-refractivity contribution in [3.63, 3.8) is 0 Å². The first kappa shape index (κ1) is 18.8. The van der Waals surface area contributed by atoms with Gasteiger partial charge >= 0.3 is 5.97 Å². The molecule has 1 heterocycles. The van der Waals surface area contributed by atoms with E-state index in [1.165, 1.54) is 0 Å². The molecule has 0 radical (unpaired) electrons. The molecule has 3 heteroatoms. The molecule has 0 N–H and O–H groups in total. The lowest BCUT2D eigenvalue weighted by Crippen LogP contribution is -2.02. The fraction of sp³-hybridized carbons (Fsp3) is 0.115. The molecule has 0 atom stereocenters. The van der Waals surface area contributed by atoms with Gasteiger partial charge < -0.3 is 9.30 Å². The van der Waals surface area contributed by atoms with Crippen LogP contribution < -0.4 is 0 Å². The smallest absolute Gasteiger partial charge is 0.309 e. The number of carbonyl (C=O) groups is 1. The lowest BCUT2D eigenvalue weighted by Gasteiger charge is -2.08. The minimum atomic E-state index is -0.215. The summed E-state index contributed by atoms with van der Waals surface area (Å²) in [6, 6.07) is 28.8. The topological polar surface area (TPSA) is 31.2 Å². The molecule has 0 bridgehead atoms. The summed E-state index contributed by atoms with van der Waals surface area (Å²) >= 11 is 0. The van der Waals surface area contributed by atoms with Gasteiger partial charge in [-0.25, -0.2) is 0 Å². The molecular formula is C26H23NO2. The maximum atomic E-state index is 12.0. The molecule has 3 aromatic carbocycles. The van der Waals surface area contributed by atoms with Crippen molar-refractivity contribution in [3.8, 4) is 5.69 Å². The molecule has 3 nitrogen and oxygen atoms in total. The highest BCUT2D eigenvalue weighted by atomic mass is 16.5. The van der Waals surface area contributed by atoms with Crippen LogP contribution in [-0.2, 0) is 9.53 Å². The molecule has 0 aliphatic rings. The second-order valence-corrected chi connectivity index (χ2v) is 6.76. The van der Waals surface area contributed by atoms with Crippen LogP contribution in [0.5, 0.6) is 0 Å². The number of benzene rings is 3. The summed E-state index contributed by atoms with van der Waals surface area (Å²) < 4.78 is 7.34. The molecule has 4 rings (SSSR count). The van der Waals surface area contributed by atoms with Crippen molar-refractivity contribution in [3.05, 3.63) is 108 Å². The van der Waals surface area contributed by atoms with Crippen LogP contribution >= 0.6 is 0 Å². The van der Waals surface area contributed by atoms with Gasteiger partial charge in [-0.05, 0) is 36.3 Å². The summed E-state index contributed by atoms with van der Waals surface area (Å²) in [6.45, 7) is 2.22. The normalized spacial score (nSPS) is 11.6. The van der Waals surface area contributed by atoms with Crippen molar-refractivity contribution >= 4 is 22.4 Å². The van der Waals surface area contributed by atoms with Crippen LogP contribution in [0.4, 0.5) is 0 Å². The molecule has 0 unspecified atom stereocenters. The van der Waals surface area contributed by atoms with Crippen LogP contribution in [0.3, 0.4) is 0 Å². The van der Waals surface area contributed by atoms with Crippen LogP contribution in [0.2, 0.25) is 0 Å². The van der Waals surface area contributed by atoms with Gasteiger partial charge in [0.1, 0.15) is 0 Å². The summed E-state index contributed by atoms with van der Waals surface area (Å²) in [4.78, 5) is 12.0. The molecule has 0 saturated heterocycles. The average molecular weight is 381 g/mol. The molecule has 0 amide bonds. The molecule has 144 valence electrons. The average Bonchev–Trinajstić information content (AvgIpc) is 3.15. The number of esters is 1. The monoisotopic (exact) mass is 381 g/mol. The van der Waals surface area contributed by atoms with Crippen molar-refractivity contribution in [1.82, 2.24) is 4.57 Å². The van der Waals surface area contributed by atoms with Crippen molar-refractivity contribution in [1.29, 1.82) is 0 Å². The van der Waals surface area contributed by atoms with E-state index in [-0.39, 0.29) is 12.4 Å². The highest BCUT2D eigenvalue weighted by Crippen LogP contribution is 2.33. The van der Waals surface area contributed by atoms with Crippen LogP contribution in [0.25, 0.3) is 22.2 Å². The summed E-state index contributed by atoms with van der Waals surface area (Å²) in [5.74, 6) is -0.215. The Hall–Kier alpha value is -3.59. The predicted molar refractivity (Wildman–Crippen MR) is 118 cm³/mol. The number of carbonyl (C=O) groups excluding carboxylic acids is 1. The minimum absolute atomic E-state index is 0.215. The number of fused-ring (bicyclic) bond motifs is 1. The summed E-state index contributed by atoms with van der Waals surface area (Å²) in [5, 5.41) is 1.15. The molecular weight excluding hydrogens is 358 g/mol. The quantitative estimate of drug-likeness (QED) is 0.383. The molecule has 0 aliphatic carbocycles. The number of hydrogen-bond acceptors (Lipinski definition) is 2. The Morgan fingerprint density at radius 1 is 0.897 bits per heavy atom. The Balaban J connectivity index is 1.89. The van der Waals surface area contributed by atoms with E-state index < -0.39 is 0 Å². The summed E-state index contributed by atoms with van der Waals surface area (Å²) in [6.07, 6.45) is 4.37. The largest absolute Gasteiger partial charge is 0.466 e. The van der Waals surface area contributed by atoms with E-state index in [9.17, 15) is 4.79 Å². The third-order valence-corrected chi connectivity index (χ3v) is 4.90. The fourth-order valence-corrected chi connectivity index (χ4v) is 3.60. The third kappa shape index (κ3) is 3.99. The Morgan fingerprint density at radius 2 is 1.55 bits per heavy atom. The van der Waals surface area contributed by atoms with E-state index in [1.54, 1.807) is 0 Å². The van der Waals surface area contributed by atoms with Crippen molar-refractivity contribution in [2.75, 3.05) is 6.61 Å². The lowest BCUT2D eigenvalue weighted by atomic mass is 9.96. The zero-order valence-corrected chi connectivity index (χ0v) is 16.4. The van der Waals surface area contributed by atoms with E-state index in [0.29, 0.717) is 6.61 Å². The predicted octanol–water partition coefficient (Wildman–Crippen LogP) is 6.02. The third-order valence-electron chi connectivity index (χ3n) is 4.90. The van der Waals surface area contributed by atoms with Crippen molar-refractivity contribution in [2.24, 2.45) is 0 Å². The highest BCUT2D eigenvalue weighted by Gasteiger charge is 2.15. The second-order valence-electron chi connectivity index (χ2n) is 6.76. The number of para-hydroxylation sites is 2. The van der Waals surface area contributed by atoms with Gasteiger partial charge in [0, 0.05) is 22.8 Å². The Kier molecular flexibility index (Phi) is 5.57. The first-order chi connectivity index (χ1) is 14.3. The summed E-state index contributed by atoms with van der Waals surface area (Å²) in [7, 11) is 0. The Bertz CT molecular complexity index is 1140. The standard InChI is InChI=1S/C26H23NO2/c1-2-29-26(28)18-17-22(20-11-5-3-6-12-20)24-19-27(21-13-7-4-8-14-21)25-16-10-9-15-23(24)25/h3-17,19H,2,18H2,1H3. The van der Waals surface area contributed by atoms with Gasteiger partial charge in [0.05, 0.1) is 18.5 Å². The molecule has 1 aromatic heterocycles. The van der Waals surface area contributed by atoms with E-state index in [2.05, 4.69) is 59.3 Å². The molecule has 4 aromatic rings. The molecule has 0 aliphatic heterocycles. The van der Waals surface area contributed by atoms with Crippen molar-refractivity contribution < 1.29 is 9.53 Å². The zero-order valence-electron chi connectivity index (χ0n) is 16.4. The van der Waals surface area contributed by atoms with Crippen molar-refractivity contribution in [2.45, 2.75) is 13.3 Å². The molecule has 29 heavy (non-hydrogen) atoms. The molecule has 0 saturated carbocycles. The molecule has 0 fully saturated rings. The Morgan fingerprint density at radius 3 is 2.28 bits per heavy atom. The number of aromatic nitrogens is 1. The van der Waals surface area contributed by atoms with E-state index in [4.69, 9.17) is 4.74 Å². The SMILES string of the molecule is CCOC(=O)CC=C(c1ccccc1)c1cn(-c2ccccc2)c2ccccc12. The van der Waals surface area contributed by atoms with Gasteiger partial charge in [-0.15, -0.1) is 0 Å². The minimum Gasteiger partial charge on any atom is -0.466 e. The maximum absolute atomic E-state index is 12.0. The van der Waals surface area contributed by atoms with E-state index in [1.807, 2.05) is 49.4 Å². The van der Waals surface area contributed by atoms with Gasteiger partial charge in [-0.2, -0.15) is 0 Å². The second kappa shape index (κ2) is 8.61. The highest BCUT2D eigenvalue weighted by molar-refractivity contribution is 5.98. The fourth-order valence-electron chi connectivity index (χ4n) is 3.60. The number of ether oxygens (including phenoxy) is 1. The first-order valence-corrected chi connectivity index (χ1v) is 9.85. The van der Waals surface area contributed by atoms with Gasteiger partial charge in [0.25, 0.3) is 0 Å². The summed E-state index contributed by atoms with van der Waals surface area (Å²) in [5.41, 5.74) is 5.44. The van der Waals surface area contributed by atoms with Gasteiger partial charge in [0.2, 0.25) is 0 Å². The number of nitrogens with zero attached hydrogens (tertiary/aromatic N) is 1. The lowest BCUT2D eigenvalue weighted by molar-refractivity contribution is -0.142. The first-order valence-electron chi connectivity index (χ1n) is 9.85. The molecule has 0 spiro atoms. The van der Waals surface area contributed by atoms with Gasteiger partial charge in [-0.3, -0.25) is 4.79 Å². The zero-order chi connectivity index (χ0) is 20.1. The van der Waals surface area contributed by atoms with Gasteiger partial charge in [-0.1, -0.05) is 72.8 Å². The van der Waals surface area contributed by atoms with Gasteiger partial charge in [0.15, 0.2) is 0 Å². The van der Waals surface area contributed by atoms with Crippen LogP contribution in [0, 0.1) is 0 Å². The van der Waals surface area contributed by atoms with Crippen LogP contribution in [-0.4, -0.2) is 17.1 Å². The Labute approximate surface area is 170 Å². The number of rotatable bonds is 6. The van der Waals surface area contributed by atoms with Crippen LogP contribution in [0.15, 0.2) is 97.2 Å². The van der Waals surface area contributed by atoms with Crippen LogP contribution in [0.1, 0.15) is 24.5 Å². The van der Waals surface area contributed by atoms with E-state index in [0.717, 1.165) is 33.3 Å². The maximum Gasteiger partial charge on any atom is 0.309 e. The number of hydrogen-bond donors (Lipinski definition) is 0.